The zero-order valence-corrected chi connectivity index (χ0v) is 7.28. The molecule has 12 heavy (non-hydrogen) atoms. The van der Waals surface area contributed by atoms with Gasteiger partial charge in [-0.15, -0.1) is 0 Å². The van der Waals surface area contributed by atoms with Crippen LogP contribution in [0.3, 0.4) is 0 Å². The first kappa shape index (κ1) is 10.9. The van der Waals surface area contributed by atoms with E-state index in [1.54, 1.807) is 13.8 Å². The smallest absolute Gasteiger partial charge is 0.306 e. The molecule has 0 heterocycles. The first-order valence-electron chi connectivity index (χ1n) is 3.90. The predicted octanol–water partition coefficient (Wildman–Crippen LogP) is 1.21. The molecule has 0 rings (SSSR count). The molecule has 2 N–H and O–H groups in total. The summed E-state index contributed by atoms with van der Waals surface area (Å²) in [6.07, 6.45) is 0.839. The van der Waals surface area contributed by atoms with E-state index >= 15 is 0 Å². The summed E-state index contributed by atoms with van der Waals surface area (Å²) in [5.74, 6) is -2.64. The Bertz CT molecular complexity index is 156. The Labute approximate surface area is 71.2 Å². The van der Waals surface area contributed by atoms with Crippen molar-refractivity contribution in [2.24, 2.45) is 11.8 Å². The lowest BCUT2D eigenvalue weighted by Crippen LogP contribution is -2.14. The van der Waals surface area contributed by atoms with Gasteiger partial charge in [0.25, 0.3) is 0 Å². The number of hydrogen-bond acceptors (Lipinski definition) is 2. The molecule has 0 fully saturated rings. The monoisotopic (exact) mass is 174 g/mol. The molecule has 0 aromatic heterocycles. The van der Waals surface area contributed by atoms with Crippen LogP contribution in [0, 0.1) is 11.8 Å². The Morgan fingerprint density at radius 2 is 1.25 bits per heavy atom. The zero-order valence-electron chi connectivity index (χ0n) is 7.28. The van der Waals surface area contributed by atoms with Gasteiger partial charge >= 0.3 is 11.9 Å². The maximum Gasteiger partial charge on any atom is 0.306 e. The van der Waals surface area contributed by atoms with Crippen molar-refractivity contribution in [1.29, 1.82) is 0 Å². The second-order valence-corrected chi connectivity index (χ2v) is 3.06. The van der Waals surface area contributed by atoms with E-state index in [4.69, 9.17) is 10.2 Å². The van der Waals surface area contributed by atoms with Crippen molar-refractivity contribution < 1.29 is 19.8 Å². The van der Waals surface area contributed by atoms with Gasteiger partial charge in [-0.25, -0.2) is 0 Å². The van der Waals surface area contributed by atoms with Crippen molar-refractivity contribution in [3.8, 4) is 0 Å². The highest BCUT2D eigenvalue weighted by Gasteiger charge is 2.15. The fourth-order valence-corrected chi connectivity index (χ4v) is 0.747. The molecule has 0 saturated heterocycles. The van der Waals surface area contributed by atoms with E-state index in [0.717, 1.165) is 0 Å². The molecule has 0 aliphatic rings. The molecule has 2 atom stereocenters. The molecule has 0 aromatic rings. The topological polar surface area (TPSA) is 74.6 Å². The molecule has 0 spiro atoms. The maximum absolute atomic E-state index is 10.3. The van der Waals surface area contributed by atoms with Gasteiger partial charge in [-0.3, -0.25) is 9.59 Å². The van der Waals surface area contributed by atoms with Gasteiger partial charge in [0.05, 0.1) is 11.8 Å². The van der Waals surface area contributed by atoms with Crippen LogP contribution in [0.4, 0.5) is 0 Å². The molecular formula is C8H14O4. The van der Waals surface area contributed by atoms with Crippen LogP contribution >= 0.6 is 0 Å². The summed E-state index contributed by atoms with van der Waals surface area (Å²) in [7, 11) is 0. The van der Waals surface area contributed by atoms with Crippen LogP contribution in [0.2, 0.25) is 0 Å². The minimum Gasteiger partial charge on any atom is -0.481 e. The summed E-state index contributed by atoms with van der Waals surface area (Å²) >= 11 is 0. The number of hydrogen-bond donors (Lipinski definition) is 2. The van der Waals surface area contributed by atoms with Gasteiger partial charge < -0.3 is 10.2 Å². The number of rotatable bonds is 5. The van der Waals surface area contributed by atoms with E-state index < -0.39 is 23.8 Å². The fourth-order valence-electron chi connectivity index (χ4n) is 0.747. The highest BCUT2D eigenvalue weighted by molar-refractivity contribution is 5.70. The third kappa shape index (κ3) is 3.95. The molecular weight excluding hydrogens is 160 g/mol. The van der Waals surface area contributed by atoms with Gasteiger partial charge in [0.15, 0.2) is 0 Å². The molecule has 4 nitrogen and oxygen atoms in total. The van der Waals surface area contributed by atoms with Gasteiger partial charge in [0, 0.05) is 0 Å². The predicted molar refractivity (Wildman–Crippen MR) is 42.8 cm³/mol. The molecule has 0 amide bonds. The summed E-state index contributed by atoms with van der Waals surface area (Å²) in [6, 6.07) is 0. The standard InChI is InChI=1S/C8H14O4/c1-5(7(9)10)3-4-6(2)8(11)12/h5-6H,3-4H2,1-2H3,(H,9,10)(H,11,12)/t5-,6-/m0/s1. The van der Waals surface area contributed by atoms with Crippen molar-refractivity contribution in [3.05, 3.63) is 0 Å². The van der Waals surface area contributed by atoms with Crippen molar-refractivity contribution in [1.82, 2.24) is 0 Å². The zero-order chi connectivity index (χ0) is 9.72. The normalized spacial score (nSPS) is 15.2. The maximum atomic E-state index is 10.3. The Kier molecular flexibility index (Phi) is 4.33. The van der Waals surface area contributed by atoms with Crippen molar-refractivity contribution in [2.75, 3.05) is 0 Å². The third-order valence-corrected chi connectivity index (χ3v) is 1.88. The lowest BCUT2D eigenvalue weighted by molar-refractivity contribution is -0.144. The van der Waals surface area contributed by atoms with Crippen molar-refractivity contribution >= 4 is 11.9 Å². The van der Waals surface area contributed by atoms with E-state index in [0.29, 0.717) is 12.8 Å². The number of aliphatic carboxylic acids is 2. The average molecular weight is 174 g/mol. The summed E-state index contributed by atoms with van der Waals surface area (Å²) < 4.78 is 0. The number of carbonyl (C=O) groups is 2. The number of carboxylic acids is 2. The SMILES string of the molecule is C[C@@H](CC[C@H](C)C(=O)O)C(=O)O. The van der Waals surface area contributed by atoms with Crippen molar-refractivity contribution in [2.45, 2.75) is 26.7 Å². The van der Waals surface area contributed by atoms with Crippen LogP contribution in [-0.2, 0) is 9.59 Å². The summed E-state index contributed by atoms with van der Waals surface area (Å²) in [5.41, 5.74) is 0. The lowest BCUT2D eigenvalue weighted by Gasteiger charge is -2.08. The van der Waals surface area contributed by atoms with E-state index in [-0.39, 0.29) is 0 Å². The molecule has 0 radical (unpaired) electrons. The second-order valence-electron chi connectivity index (χ2n) is 3.06. The molecule has 0 unspecified atom stereocenters. The molecule has 0 aliphatic heterocycles. The third-order valence-electron chi connectivity index (χ3n) is 1.88. The van der Waals surface area contributed by atoms with Crippen LogP contribution in [-0.4, -0.2) is 22.2 Å². The van der Waals surface area contributed by atoms with Crippen molar-refractivity contribution in [3.63, 3.8) is 0 Å². The van der Waals surface area contributed by atoms with E-state index in [9.17, 15) is 9.59 Å². The molecule has 0 bridgehead atoms. The quantitative estimate of drug-likeness (QED) is 0.656. The summed E-state index contributed by atoms with van der Waals surface area (Å²) in [6.45, 7) is 3.16. The van der Waals surface area contributed by atoms with Crippen LogP contribution in [0.25, 0.3) is 0 Å². The lowest BCUT2D eigenvalue weighted by atomic mass is 9.98. The average Bonchev–Trinajstić information content (AvgIpc) is 1.98. The minimum atomic E-state index is -0.868. The molecule has 0 aromatic carbocycles. The first-order chi connectivity index (χ1) is 5.45. The minimum absolute atomic E-state index is 0.419. The summed E-state index contributed by atoms with van der Waals surface area (Å²) in [4.78, 5) is 20.7. The van der Waals surface area contributed by atoms with Gasteiger partial charge in [0.1, 0.15) is 0 Å². The Hall–Kier alpha value is -1.06. The first-order valence-corrected chi connectivity index (χ1v) is 3.90. The van der Waals surface area contributed by atoms with E-state index in [1.165, 1.54) is 0 Å². The van der Waals surface area contributed by atoms with Crippen LogP contribution in [0.15, 0.2) is 0 Å². The molecule has 70 valence electrons. The van der Waals surface area contributed by atoms with Gasteiger partial charge in [0.2, 0.25) is 0 Å². The van der Waals surface area contributed by atoms with E-state index in [2.05, 4.69) is 0 Å². The summed E-state index contributed by atoms with van der Waals surface area (Å²) in [5, 5.41) is 17.0. The van der Waals surface area contributed by atoms with Gasteiger partial charge in [-0.2, -0.15) is 0 Å². The molecule has 0 saturated carbocycles. The molecule has 0 aliphatic carbocycles. The fraction of sp³-hybridized carbons (Fsp3) is 0.750. The Balaban J connectivity index is 3.68. The van der Waals surface area contributed by atoms with Gasteiger partial charge in [-0.05, 0) is 12.8 Å². The highest BCUT2D eigenvalue weighted by atomic mass is 16.4. The Morgan fingerprint density at radius 1 is 1.00 bits per heavy atom. The van der Waals surface area contributed by atoms with Crippen LogP contribution in [0.5, 0.6) is 0 Å². The van der Waals surface area contributed by atoms with E-state index in [1.807, 2.05) is 0 Å². The largest absolute Gasteiger partial charge is 0.481 e. The van der Waals surface area contributed by atoms with Gasteiger partial charge in [-0.1, -0.05) is 13.8 Å². The Morgan fingerprint density at radius 3 is 1.42 bits per heavy atom. The van der Waals surface area contributed by atoms with Crippen LogP contribution in [0.1, 0.15) is 26.7 Å². The van der Waals surface area contributed by atoms with Crippen LogP contribution < -0.4 is 0 Å². The molecule has 4 heteroatoms. The highest BCUT2D eigenvalue weighted by Crippen LogP contribution is 2.12. The number of carboxylic acid groups (broad SMARTS) is 2. The second kappa shape index (κ2) is 4.74.